The first-order valence-electron chi connectivity index (χ1n) is 6.99. The number of halogens is 1. The summed E-state index contributed by atoms with van der Waals surface area (Å²) in [6.07, 6.45) is 5.13. The summed E-state index contributed by atoms with van der Waals surface area (Å²) >= 11 is 3.37. The van der Waals surface area contributed by atoms with Crippen molar-refractivity contribution < 1.29 is 14.7 Å². The van der Waals surface area contributed by atoms with Gasteiger partial charge in [-0.05, 0) is 42.5 Å². The Balaban J connectivity index is 1.84. The number of hydrogen-bond donors (Lipinski definition) is 1. The lowest BCUT2D eigenvalue weighted by atomic mass is 9.93. The number of nitrogens with zero attached hydrogens (tertiary/aromatic N) is 1. The Morgan fingerprint density at radius 3 is 2.43 bits per heavy atom. The van der Waals surface area contributed by atoms with Crippen molar-refractivity contribution in [3.05, 3.63) is 40.4 Å². The Morgan fingerprint density at radius 1 is 1.24 bits per heavy atom. The lowest BCUT2D eigenvalue weighted by molar-refractivity contribution is -0.138. The molecule has 1 aliphatic heterocycles. The number of likely N-dealkylation sites (tertiary alicyclic amines) is 1. The van der Waals surface area contributed by atoms with Gasteiger partial charge in [-0.3, -0.25) is 9.59 Å². The highest BCUT2D eigenvalue weighted by Crippen LogP contribution is 2.20. The van der Waals surface area contributed by atoms with Crippen LogP contribution in [0.1, 0.15) is 24.8 Å². The molecule has 1 heterocycles. The summed E-state index contributed by atoms with van der Waals surface area (Å²) in [5, 5.41) is 8.78. The first kappa shape index (κ1) is 15.8. The predicted octanol–water partition coefficient (Wildman–Crippen LogP) is 3.18. The molecule has 4 nitrogen and oxygen atoms in total. The smallest absolute Gasteiger partial charge is 0.303 e. The lowest BCUT2D eigenvalue weighted by Crippen LogP contribution is -2.37. The summed E-state index contributed by atoms with van der Waals surface area (Å²) in [6.45, 7) is 1.28. The number of carbonyl (C=O) groups is 2. The van der Waals surface area contributed by atoms with Gasteiger partial charge in [0.15, 0.2) is 0 Å². The summed E-state index contributed by atoms with van der Waals surface area (Å²) < 4.78 is 1.01. The van der Waals surface area contributed by atoms with Crippen molar-refractivity contribution >= 4 is 33.9 Å². The third-order valence-corrected chi connectivity index (χ3v) is 4.21. The molecule has 1 aliphatic rings. The van der Waals surface area contributed by atoms with Crippen LogP contribution < -0.4 is 0 Å². The minimum Gasteiger partial charge on any atom is -0.481 e. The van der Waals surface area contributed by atoms with Crippen LogP contribution >= 0.6 is 15.9 Å². The molecule has 21 heavy (non-hydrogen) atoms. The number of amides is 1. The third-order valence-electron chi connectivity index (χ3n) is 3.68. The number of carbonyl (C=O) groups excluding carboxylic acids is 1. The highest BCUT2D eigenvalue weighted by molar-refractivity contribution is 9.10. The molecule has 0 aliphatic carbocycles. The van der Waals surface area contributed by atoms with Gasteiger partial charge in [-0.2, -0.15) is 0 Å². The summed E-state index contributed by atoms with van der Waals surface area (Å²) in [5.41, 5.74) is 0.979. The van der Waals surface area contributed by atoms with E-state index in [0.717, 1.165) is 22.9 Å². The van der Waals surface area contributed by atoms with E-state index in [1.165, 1.54) is 0 Å². The molecule has 1 amide bonds. The maximum absolute atomic E-state index is 12.1. The molecular weight excluding hydrogens is 334 g/mol. The topological polar surface area (TPSA) is 57.6 Å². The van der Waals surface area contributed by atoms with Crippen LogP contribution in [0.5, 0.6) is 0 Å². The Labute approximate surface area is 132 Å². The average Bonchev–Trinajstić information content (AvgIpc) is 2.46. The van der Waals surface area contributed by atoms with Crippen LogP contribution in [0.3, 0.4) is 0 Å². The van der Waals surface area contributed by atoms with E-state index < -0.39 is 5.97 Å². The normalized spacial score (nSPS) is 16.3. The number of hydrogen-bond acceptors (Lipinski definition) is 2. The van der Waals surface area contributed by atoms with Gasteiger partial charge in [-0.25, -0.2) is 0 Å². The van der Waals surface area contributed by atoms with Crippen molar-refractivity contribution in [1.29, 1.82) is 0 Å². The fourth-order valence-corrected chi connectivity index (χ4v) is 2.72. The summed E-state index contributed by atoms with van der Waals surface area (Å²) in [6, 6.07) is 7.74. The number of carboxylic acid groups (broad SMARTS) is 1. The molecule has 0 spiro atoms. The first-order chi connectivity index (χ1) is 10.0. The largest absolute Gasteiger partial charge is 0.481 e. The van der Waals surface area contributed by atoms with E-state index in [4.69, 9.17) is 5.11 Å². The summed E-state index contributed by atoms with van der Waals surface area (Å²) in [5.74, 6) is -0.566. The number of aliphatic carboxylic acids is 1. The Morgan fingerprint density at radius 2 is 1.86 bits per heavy atom. The van der Waals surface area contributed by atoms with E-state index in [1.807, 2.05) is 24.3 Å². The van der Waals surface area contributed by atoms with Crippen molar-refractivity contribution in [2.45, 2.75) is 19.3 Å². The van der Waals surface area contributed by atoms with Crippen molar-refractivity contribution in [2.24, 2.45) is 5.92 Å². The van der Waals surface area contributed by atoms with Crippen molar-refractivity contribution in [2.75, 3.05) is 13.1 Å². The van der Waals surface area contributed by atoms with Gasteiger partial charge in [0, 0.05) is 30.1 Å². The molecule has 1 aromatic carbocycles. The van der Waals surface area contributed by atoms with E-state index in [1.54, 1.807) is 17.1 Å². The SMILES string of the molecule is O=C(O)CC1CCN(C(=O)C=Cc2ccc(Br)cc2)CC1. The van der Waals surface area contributed by atoms with Gasteiger partial charge in [-0.1, -0.05) is 28.1 Å². The van der Waals surface area contributed by atoms with E-state index in [2.05, 4.69) is 15.9 Å². The van der Waals surface area contributed by atoms with Crippen molar-refractivity contribution in [1.82, 2.24) is 4.90 Å². The standard InChI is InChI=1S/C16H18BrNO3/c17-14-4-1-12(2-5-14)3-6-15(19)18-9-7-13(8-10-18)11-16(20)21/h1-6,13H,7-11H2,(H,20,21). The second-order valence-corrected chi connectivity index (χ2v) is 6.17. The quantitative estimate of drug-likeness (QED) is 0.847. The zero-order valence-electron chi connectivity index (χ0n) is 11.7. The minimum absolute atomic E-state index is 0.00769. The Bertz CT molecular complexity index is 531. The molecule has 5 heteroatoms. The highest BCUT2D eigenvalue weighted by atomic mass is 79.9. The molecule has 0 aromatic heterocycles. The fourth-order valence-electron chi connectivity index (χ4n) is 2.45. The van der Waals surface area contributed by atoms with Crippen LogP contribution in [-0.2, 0) is 9.59 Å². The summed E-state index contributed by atoms with van der Waals surface area (Å²) in [4.78, 5) is 24.5. The third kappa shape index (κ3) is 5.01. The molecule has 1 N–H and O–H groups in total. The van der Waals surface area contributed by atoms with E-state index in [9.17, 15) is 9.59 Å². The van der Waals surface area contributed by atoms with E-state index in [-0.39, 0.29) is 18.2 Å². The van der Waals surface area contributed by atoms with Gasteiger partial charge in [0.05, 0.1) is 0 Å². The zero-order valence-corrected chi connectivity index (χ0v) is 13.3. The molecule has 0 unspecified atom stereocenters. The van der Waals surface area contributed by atoms with Gasteiger partial charge >= 0.3 is 5.97 Å². The van der Waals surface area contributed by atoms with Gasteiger partial charge in [0.25, 0.3) is 0 Å². The average molecular weight is 352 g/mol. The predicted molar refractivity (Wildman–Crippen MR) is 84.7 cm³/mol. The van der Waals surface area contributed by atoms with Crippen LogP contribution in [0, 0.1) is 5.92 Å². The van der Waals surface area contributed by atoms with Crippen LogP contribution in [-0.4, -0.2) is 35.0 Å². The molecule has 1 fully saturated rings. The number of benzene rings is 1. The molecule has 1 aromatic rings. The minimum atomic E-state index is -0.755. The highest BCUT2D eigenvalue weighted by Gasteiger charge is 2.23. The van der Waals surface area contributed by atoms with E-state index in [0.29, 0.717) is 13.1 Å². The van der Waals surface area contributed by atoms with Crippen LogP contribution in [0.25, 0.3) is 6.08 Å². The number of carboxylic acids is 1. The van der Waals surface area contributed by atoms with Gasteiger partial charge in [0.2, 0.25) is 5.91 Å². The number of piperidine rings is 1. The fraction of sp³-hybridized carbons (Fsp3) is 0.375. The number of rotatable bonds is 4. The second kappa shape index (κ2) is 7.41. The lowest BCUT2D eigenvalue weighted by Gasteiger charge is -2.30. The molecule has 2 rings (SSSR count). The van der Waals surface area contributed by atoms with Crippen molar-refractivity contribution in [3.8, 4) is 0 Å². The van der Waals surface area contributed by atoms with Gasteiger partial charge in [-0.15, -0.1) is 0 Å². The molecule has 112 valence electrons. The Hall–Kier alpha value is -1.62. The first-order valence-corrected chi connectivity index (χ1v) is 7.78. The maximum atomic E-state index is 12.1. The van der Waals surface area contributed by atoms with Crippen molar-refractivity contribution in [3.63, 3.8) is 0 Å². The second-order valence-electron chi connectivity index (χ2n) is 5.25. The molecular formula is C16H18BrNO3. The molecule has 0 saturated carbocycles. The molecule has 0 radical (unpaired) electrons. The maximum Gasteiger partial charge on any atom is 0.303 e. The van der Waals surface area contributed by atoms with Gasteiger partial charge < -0.3 is 10.0 Å². The molecule has 0 atom stereocenters. The van der Waals surface area contributed by atoms with Gasteiger partial charge in [0.1, 0.15) is 0 Å². The molecule has 0 bridgehead atoms. The summed E-state index contributed by atoms with van der Waals surface area (Å²) in [7, 11) is 0. The Kier molecular flexibility index (Phi) is 5.56. The zero-order chi connectivity index (χ0) is 15.2. The molecule has 1 saturated heterocycles. The monoisotopic (exact) mass is 351 g/mol. The van der Waals surface area contributed by atoms with Crippen LogP contribution in [0.4, 0.5) is 0 Å². The van der Waals surface area contributed by atoms with Crippen LogP contribution in [0.15, 0.2) is 34.8 Å². The van der Waals surface area contributed by atoms with E-state index >= 15 is 0 Å². The van der Waals surface area contributed by atoms with Crippen LogP contribution in [0.2, 0.25) is 0 Å².